The molecule has 2 heterocycles. The van der Waals surface area contributed by atoms with Crippen molar-refractivity contribution in [2.75, 3.05) is 51.0 Å². The number of hydrogen-bond acceptors (Lipinski definition) is 6. The van der Waals surface area contributed by atoms with Crippen molar-refractivity contribution in [3.8, 4) is 11.1 Å². The van der Waals surface area contributed by atoms with Gasteiger partial charge in [-0.1, -0.05) is 24.3 Å². The number of nitrogens with zero attached hydrogens (tertiary/aromatic N) is 3. The van der Waals surface area contributed by atoms with Gasteiger partial charge in [-0.05, 0) is 49.4 Å². The highest BCUT2D eigenvalue weighted by atomic mass is 16.6. The lowest BCUT2D eigenvalue weighted by atomic mass is 9.97. The average molecular weight is 440 g/mol. The van der Waals surface area contributed by atoms with Crippen LogP contribution in [0.2, 0.25) is 0 Å². The van der Waals surface area contributed by atoms with Gasteiger partial charge in [0.05, 0.1) is 23.7 Å². The summed E-state index contributed by atoms with van der Waals surface area (Å²) >= 11 is 0. The molecule has 2 saturated heterocycles. The first-order valence-electron chi connectivity index (χ1n) is 11.6. The van der Waals surface area contributed by atoms with E-state index in [1.807, 2.05) is 6.92 Å². The molecular weight excluding hydrogens is 406 g/mol. The summed E-state index contributed by atoms with van der Waals surface area (Å²) in [4.78, 5) is 16.3. The van der Waals surface area contributed by atoms with Crippen LogP contribution in [0.4, 0.5) is 11.4 Å². The zero-order chi connectivity index (χ0) is 22.5. The van der Waals surface area contributed by atoms with Gasteiger partial charge in [-0.3, -0.25) is 15.0 Å². The fraction of sp³-hybridized carbons (Fsp3) is 0.520. The van der Waals surface area contributed by atoms with E-state index in [9.17, 15) is 10.1 Å². The smallest absolute Gasteiger partial charge is 0.274 e. The number of nitro groups is 1. The Morgan fingerprint density at radius 2 is 1.69 bits per heavy atom. The molecule has 172 valence electrons. The van der Waals surface area contributed by atoms with Crippen molar-refractivity contribution >= 4 is 11.4 Å². The van der Waals surface area contributed by atoms with Crippen molar-refractivity contribution in [1.82, 2.24) is 4.90 Å². The molecule has 4 rings (SSSR count). The minimum Gasteiger partial charge on any atom is -0.381 e. The normalized spacial score (nSPS) is 17.9. The number of morpholine rings is 1. The van der Waals surface area contributed by atoms with Crippen LogP contribution in [-0.2, 0) is 16.0 Å². The molecule has 7 nitrogen and oxygen atoms in total. The molecule has 0 saturated carbocycles. The van der Waals surface area contributed by atoms with Gasteiger partial charge in [0.1, 0.15) is 0 Å². The van der Waals surface area contributed by atoms with Crippen molar-refractivity contribution < 1.29 is 14.4 Å². The highest BCUT2D eigenvalue weighted by Crippen LogP contribution is 2.37. The van der Waals surface area contributed by atoms with Crippen LogP contribution in [-0.4, -0.2) is 61.9 Å². The van der Waals surface area contributed by atoms with E-state index in [2.05, 4.69) is 47.1 Å². The van der Waals surface area contributed by atoms with Gasteiger partial charge in [-0.15, -0.1) is 0 Å². The predicted molar refractivity (Wildman–Crippen MR) is 126 cm³/mol. The van der Waals surface area contributed by atoms with Gasteiger partial charge in [0.15, 0.2) is 0 Å². The molecule has 2 aromatic carbocycles. The Hall–Kier alpha value is -2.48. The third-order valence-corrected chi connectivity index (χ3v) is 6.63. The van der Waals surface area contributed by atoms with Gasteiger partial charge >= 0.3 is 0 Å². The van der Waals surface area contributed by atoms with E-state index in [4.69, 9.17) is 9.47 Å². The third-order valence-electron chi connectivity index (χ3n) is 6.63. The Morgan fingerprint density at radius 3 is 2.31 bits per heavy atom. The summed E-state index contributed by atoms with van der Waals surface area (Å²) in [6.07, 6.45) is 1.89. The minimum absolute atomic E-state index is 0.181. The molecule has 2 fully saturated rings. The van der Waals surface area contributed by atoms with E-state index < -0.39 is 0 Å². The van der Waals surface area contributed by atoms with Crippen LogP contribution in [0.3, 0.4) is 0 Å². The number of anilines is 1. The predicted octanol–water partition coefficient (Wildman–Crippen LogP) is 4.41. The molecule has 0 N–H and O–H groups in total. The zero-order valence-corrected chi connectivity index (χ0v) is 19.1. The van der Waals surface area contributed by atoms with Crippen molar-refractivity contribution in [2.24, 2.45) is 0 Å². The number of benzene rings is 2. The largest absolute Gasteiger partial charge is 0.381 e. The van der Waals surface area contributed by atoms with Crippen LogP contribution in [0.15, 0.2) is 36.4 Å². The van der Waals surface area contributed by atoms with Crippen LogP contribution in [0.25, 0.3) is 11.1 Å². The molecule has 32 heavy (non-hydrogen) atoms. The Bertz CT molecular complexity index is 920. The third kappa shape index (κ3) is 5.11. The Kier molecular flexibility index (Phi) is 7.40. The van der Waals surface area contributed by atoms with Gasteiger partial charge in [-0.2, -0.15) is 0 Å². The first kappa shape index (κ1) is 22.7. The van der Waals surface area contributed by atoms with Crippen LogP contribution in [0.5, 0.6) is 0 Å². The number of hydrogen-bond donors (Lipinski definition) is 0. The summed E-state index contributed by atoms with van der Waals surface area (Å²) in [5.41, 5.74) is 5.01. The molecule has 0 aromatic heterocycles. The maximum atomic E-state index is 11.9. The fourth-order valence-corrected chi connectivity index (χ4v) is 4.78. The SMILES string of the molecule is CCN(c1cc(-c2ccc(CN3CCOCC3)cc2)cc([N+](=O)[O-])c1C)C1CCOCC1. The maximum absolute atomic E-state index is 11.9. The van der Waals surface area contributed by atoms with E-state index in [1.165, 1.54) is 5.56 Å². The lowest BCUT2D eigenvalue weighted by Crippen LogP contribution is -2.39. The highest BCUT2D eigenvalue weighted by Gasteiger charge is 2.26. The Labute approximate surface area is 190 Å². The number of nitro benzene ring substituents is 1. The molecule has 0 aliphatic carbocycles. The second-order valence-corrected chi connectivity index (χ2v) is 8.61. The van der Waals surface area contributed by atoms with E-state index >= 15 is 0 Å². The molecule has 0 radical (unpaired) electrons. The standard InChI is InChI=1S/C25H33N3O4/c1-3-27(23-8-12-31-13-9-23)24-16-22(17-25(19(24)2)28(29)30)21-6-4-20(5-7-21)18-26-10-14-32-15-11-26/h4-7,16-17,23H,3,8-15,18H2,1-2H3. The molecule has 0 bridgehead atoms. The summed E-state index contributed by atoms with van der Waals surface area (Å²) in [5.74, 6) is 0. The van der Waals surface area contributed by atoms with Gasteiger partial charge in [0.2, 0.25) is 0 Å². The van der Waals surface area contributed by atoms with E-state index in [0.717, 1.165) is 87.8 Å². The van der Waals surface area contributed by atoms with Gasteiger partial charge in [-0.25, -0.2) is 0 Å². The molecule has 2 aliphatic rings. The first-order valence-corrected chi connectivity index (χ1v) is 11.6. The van der Waals surface area contributed by atoms with Crippen LogP contribution in [0.1, 0.15) is 30.9 Å². The maximum Gasteiger partial charge on any atom is 0.274 e. The first-order chi connectivity index (χ1) is 15.6. The van der Waals surface area contributed by atoms with Crippen LogP contribution >= 0.6 is 0 Å². The molecule has 0 spiro atoms. The molecule has 2 aliphatic heterocycles. The molecule has 0 unspecified atom stereocenters. The summed E-state index contributed by atoms with van der Waals surface area (Å²) in [7, 11) is 0. The minimum atomic E-state index is -0.257. The summed E-state index contributed by atoms with van der Waals surface area (Å²) in [5, 5.41) is 11.9. The molecule has 7 heteroatoms. The van der Waals surface area contributed by atoms with Crippen LogP contribution in [0, 0.1) is 17.0 Å². The summed E-state index contributed by atoms with van der Waals surface area (Å²) in [6, 6.07) is 12.6. The van der Waals surface area contributed by atoms with Gasteiger partial charge in [0.25, 0.3) is 5.69 Å². The zero-order valence-electron chi connectivity index (χ0n) is 19.1. The molecule has 0 atom stereocenters. The number of ether oxygens (including phenoxy) is 2. The Morgan fingerprint density at radius 1 is 1.03 bits per heavy atom. The highest BCUT2D eigenvalue weighted by molar-refractivity contribution is 5.76. The number of rotatable bonds is 7. The Balaban J connectivity index is 1.63. The lowest BCUT2D eigenvalue weighted by molar-refractivity contribution is -0.385. The topological polar surface area (TPSA) is 68.1 Å². The van der Waals surface area contributed by atoms with Crippen molar-refractivity contribution in [3.63, 3.8) is 0 Å². The molecule has 0 amide bonds. The van der Waals surface area contributed by atoms with Crippen molar-refractivity contribution in [3.05, 3.63) is 57.6 Å². The molecule has 2 aromatic rings. The van der Waals surface area contributed by atoms with E-state index in [-0.39, 0.29) is 10.6 Å². The average Bonchev–Trinajstić information content (AvgIpc) is 2.82. The monoisotopic (exact) mass is 439 g/mol. The molecular formula is C25H33N3O4. The fourth-order valence-electron chi connectivity index (χ4n) is 4.78. The quantitative estimate of drug-likeness (QED) is 0.470. The van der Waals surface area contributed by atoms with E-state index in [0.29, 0.717) is 6.04 Å². The van der Waals surface area contributed by atoms with Crippen molar-refractivity contribution in [2.45, 2.75) is 39.3 Å². The van der Waals surface area contributed by atoms with Gasteiger partial charge < -0.3 is 14.4 Å². The van der Waals surface area contributed by atoms with Crippen molar-refractivity contribution in [1.29, 1.82) is 0 Å². The second-order valence-electron chi connectivity index (χ2n) is 8.61. The summed E-state index contributed by atoms with van der Waals surface area (Å²) in [6.45, 7) is 10.7. The summed E-state index contributed by atoms with van der Waals surface area (Å²) < 4.78 is 11.0. The van der Waals surface area contributed by atoms with Gasteiger partial charge in [0, 0.05) is 57.2 Å². The lowest BCUT2D eigenvalue weighted by Gasteiger charge is -2.36. The second kappa shape index (κ2) is 10.4. The van der Waals surface area contributed by atoms with Crippen LogP contribution < -0.4 is 4.90 Å². The van der Waals surface area contributed by atoms with E-state index in [1.54, 1.807) is 6.07 Å².